The van der Waals surface area contributed by atoms with Crippen molar-refractivity contribution < 1.29 is 8.42 Å². The Morgan fingerprint density at radius 3 is 2.06 bits per heavy atom. The van der Waals surface area contributed by atoms with Gasteiger partial charge in [-0.2, -0.15) is 0 Å². The molecule has 0 aromatic rings. The van der Waals surface area contributed by atoms with Crippen molar-refractivity contribution >= 4 is 9.84 Å². The first-order valence-electron chi connectivity index (χ1n) is 7.07. The largest absolute Gasteiger partial charge is 0.302 e. The Hall–Kier alpha value is -0.0900. The maximum absolute atomic E-state index is 11.8. The Labute approximate surface area is 113 Å². The summed E-state index contributed by atoms with van der Waals surface area (Å²) >= 11 is 0. The molecule has 0 saturated carbocycles. The van der Waals surface area contributed by atoms with Gasteiger partial charge in [-0.15, -0.1) is 0 Å². The van der Waals surface area contributed by atoms with E-state index in [-0.39, 0.29) is 5.25 Å². The summed E-state index contributed by atoms with van der Waals surface area (Å²) in [7, 11) is -2.88. The molecule has 1 fully saturated rings. The Bertz CT molecular complexity index is 346. The standard InChI is InChI=1S/C14H29NO2S/c1-12(2)18(16,17)11-10-15-8-6-13(7-9-15)14(3,4)5/h12-13H,6-11H2,1-5H3. The molecular formula is C14H29NO2S. The highest BCUT2D eigenvalue weighted by Gasteiger charge is 2.29. The number of hydrogen-bond donors (Lipinski definition) is 0. The Morgan fingerprint density at radius 2 is 1.67 bits per heavy atom. The van der Waals surface area contributed by atoms with E-state index >= 15 is 0 Å². The highest BCUT2D eigenvalue weighted by atomic mass is 32.2. The van der Waals surface area contributed by atoms with Gasteiger partial charge in [0.1, 0.15) is 0 Å². The Morgan fingerprint density at radius 1 is 1.17 bits per heavy atom. The van der Waals surface area contributed by atoms with Gasteiger partial charge in [-0.3, -0.25) is 0 Å². The van der Waals surface area contributed by atoms with E-state index in [2.05, 4.69) is 25.7 Å². The van der Waals surface area contributed by atoms with Crippen molar-refractivity contribution in [2.75, 3.05) is 25.4 Å². The van der Waals surface area contributed by atoms with Crippen molar-refractivity contribution in [3.8, 4) is 0 Å². The van der Waals surface area contributed by atoms with Gasteiger partial charge in [0.15, 0.2) is 9.84 Å². The smallest absolute Gasteiger partial charge is 0.153 e. The molecule has 1 saturated heterocycles. The summed E-state index contributed by atoms with van der Waals surface area (Å²) in [5, 5.41) is -0.246. The van der Waals surface area contributed by atoms with Gasteiger partial charge in [0, 0.05) is 6.54 Å². The van der Waals surface area contributed by atoms with Crippen LogP contribution in [0.5, 0.6) is 0 Å². The molecule has 0 radical (unpaired) electrons. The van der Waals surface area contributed by atoms with Crippen LogP contribution in [0.15, 0.2) is 0 Å². The highest BCUT2D eigenvalue weighted by Crippen LogP contribution is 2.34. The van der Waals surface area contributed by atoms with Crippen LogP contribution in [-0.4, -0.2) is 44.0 Å². The molecule has 18 heavy (non-hydrogen) atoms. The maximum Gasteiger partial charge on any atom is 0.153 e. The minimum absolute atomic E-state index is 0.246. The number of rotatable bonds is 4. The van der Waals surface area contributed by atoms with Crippen molar-refractivity contribution in [1.82, 2.24) is 4.90 Å². The summed E-state index contributed by atoms with van der Waals surface area (Å²) in [6.07, 6.45) is 2.40. The molecule has 1 heterocycles. The molecule has 0 atom stereocenters. The monoisotopic (exact) mass is 275 g/mol. The normalized spacial score (nSPS) is 20.6. The van der Waals surface area contributed by atoms with Crippen LogP contribution >= 0.6 is 0 Å². The summed E-state index contributed by atoms with van der Waals surface area (Å²) in [4.78, 5) is 2.31. The van der Waals surface area contributed by atoms with E-state index in [1.165, 1.54) is 12.8 Å². The molecule has 1 rings (SSSR count). The minimum Gasteiger partial charge on any atom is -0.302 e. The topological polar surface area (TPSA) is 37.4 Å². The first-order valence-corrected chi connectivity index (χ1v) is 8.78. The molecule has 0 amide bonds. The van der Waals surface area contributed by atoms with E-state index in [9.17, 15) is 8.42 Å². The van der Waals surface area contributed by atoms with Gasteiger partial charge < -0.3 is 4.90 Å². The molecule has 0 unspecified atom stereocenters. The van der Waals surface area contributed by atoms with E-state index in [1.807, 2.05) is 0 Å². The summed E-state index contributed by atoms with van der Waals surface area (Å²) < 4.78 is 23.5. The van der Waals surface area contributed by atoms with Crippen LogP contribution in [0.2, 0.25) is 0 Å². The molecule has 0 spiro atoms. The third kappa shape index (κ3) is 4.54. The van der Waals surface area contributed by atoms with E-state index in [0.717, 1.165) is 19.0 Å². The fourth-order valence-corrected chi connectivity index (χ4v) is 3.50. The van der Waals surface area contributed by atoms with Gasteiger partial charge in [-0.25, -0.2) is 8.42 Å². The molecule has 0 bridgehead atoms. The van der Waals surface area contributed by atoms with Crippen LogP contribution in [-0.2, 0) is 9.84 Å². The molecule has 108 valence electrons. The second-order valence-corrected chi connectivity index (χ2v) is 9.57. The summed E-state index contributed by atoms with van der Waals surface area (Å²) in [5.41, 5.74) is 0.385. The minimum atomic E-state index is -2.88. The lowest BCUT2D eigenvalue weighted by Crippen LogP contribution is -2.40. The number of nitrogens with zero attached hydrogens (tertiary/aromatic N) is 1. The summed E-state index contributed by atoms with van der Waals surface area (Å²) in [6, 6.07) is 0. The molecule has 0 N–H and O–H groups in total. The molecule has 4 heteroatoms. The summed E-state index contributed by atoms with van der Waals surface area (Å²) in [6.45, 7) is 13.2. The first kappa shape index (κ1) is 16.0. The average Bonchev–Trinajstić information content (AvgIpc) is 2.25. The van der Waals surface area contributed by atoms with Crippen molar-refractivity contribution in [2.45, 2.75) is 52.7 Å². The predicted molar refractivity (Wildman–Crippen MR) is 77.5 cm³/mol. The molecule has 0 aromatic carbocycles. The first-order chi connectivity index (χ1) is 8.13. The van der Waals surface area contributed by atoms with E-state index < -0.39 is 9.84 Å². The number of hydrogen-bond acceptors (Lipinski definition) is 3. The third-order valence-electron chi connectivity index (χ3n) is 4.22. The maximum atomic E-state index is 11.8. The van der Waals surface area contributed by atoms with E-state index in [4.69, 9.17) is 0 Å². The fraction of sp³-hybridized carbons (Fsp3) is 1.00. The fourth-order valence-electron chi connectivity index (χ4n) is 2.51. The lowest BCUT2D eigenvalue weighted by Gasteiger charge is -2.38. The molecule has 1 aliphatic rings. The zero-order valence-corrected chi connectivity index (χ0v) is 13.4. The lowest BCUT2D eigenvalue weighted by atomic mass is 9.75. The van der Waals surface area contributed by atoms with Crippen LogP contribution in [0.1, 0.15) is 47.5 Å². The molecular weight excluding hydrogens is 246 g/mol. The quantitative estimate of drug-likeness (QED) is 0.791. The van der Waals surface area contributed by atoms with Crippen LogP contribution < -0.4 is 0 Å². The molecule has 3 nitrogen and oxygen atoms in total. The second kappa shape index (κ2) is 5.91. The summed E-state index contributed by atoms with van der Waals surface area (Å²) in [5.74, 6) is 1.08. The third-order valence-corrected chi connectivity index (χ3v) is 6.41. The SMILES string of the molecule is CC(C)S(=O)(=O)CCN1CCC(C(C)(C)C)CC1. The second-order valence-electron chi connectivity index (χ2n) is 6.90. The van der Waals surface area contributed by atoms with Crippen molar-refractivity contribution in [2.24, 2.45) is 11.3 Å². The van der Waals surface area contributed by atoms with Gasteiger partial charge in [0.25, 0.3) is 0 Å². The zero-order chi connectivity index (χ0) is 14.0. The van der Waals surface area contributed by atoms with Gasteiger partial charge in [-0.05, 0) is 51.1 Å². The zero-order valence-electron chi connectivity index (χ0n) is 12.6. The number of likely N-dealkylation sites (tertiary alicyclic amines) is 1. The van der Waals surface area contributed by atoms with Crippen LogP contribution in [0.3, 0.4) is 0 Å². The van der Waals surface area contributed by atoms with Crippen LogP contribution in [0.25, 0.3) is 0 Å². The molecule has 1 aliphatic heterocycles. The van der Waals surface area contributed by atoms with Crippen LogP contribution in [0, 0.1) is 11.3 Å². The van der Waals surface area contributed by atoms with Crippen molar-refractivity contribution in [1.29, 1.82) is 0 Å². The van der Waals surface area contributed by atoms with Crippen molar-refractivity contribution in [3.63, 3.8) is 0 Å². The highest BCUT2D eigenvalue weighted by molar-refractivity contribution is 7.92. The number of sulfone groups is 1. The van der Waals surface area contributed by atoms with Gasteiger partial charge in [-0.1, -0.05) is 20.8 Å². The van der Waals surface area contributed by atoms with Crippen molar-refractivity contribution in [3.05, 3.63) is 0 Å². The van der Waals surface area contributed by atoms with Gasteiger partial charge >= 0.3 is 0 Å². The van der Waals surface area contributed by atoms with Gasteiger partial charge in [0.05, 0.1) is 11.0 Å². The Balaban J connectivity index is 2.37. The predicted octanol–water partition coefficient (Wildman–Crippen LogP) is 2.57. The Kier molecular flexibility index (Phi) is 5.24. The molecule has 0 aromatic heterocycles. The molecule has 0 aliphatic carbocycles. The lowest BCUT2D eigenvalue weighted by molar-refractivity contribution is 0.116. The van der Waals surface area contributed by atoms with Gasteiger partial charge in [0.2, 0.25) is 0 Å². The van der Waals surface area contributed by atoms with Crippen LogP contribution in [0.4, 0.5) is 0 Å². The van der Waals surface area contributed by atoms with E-state index in [1.54, 1.807) is 13.8 Å². The number of piperidine rings is 1. The van der Waals surface area contributed by atoms with E-state index in [0.29, 0.717) is 17.7 Å². The average molecular weight is 275 g/mol.